The highest BCUT2D eigenvalue weighted by Gasteiger charge is 2.29. The summed E-state index contributed by atoms with van der Waals surface area (Å²) >= 11 is 0. The van der Waals surface area contributed by atoms with Crippen molar-refractivity contribution in [2.45, 2.75) is 50.3 Å². The number of carbonyl (C=O) groups is 1. The van der Waals surface area contributed by atoms with Crippen LogP contribution in [-0.2, 0) is 14.8 Å². The van der Waals surface area contributed by atoms with Crippen molar-refractivity contribution >= 4 is 16.0 Å². The normalized spacial score (nSPS) is 21.1. The van der Waals surface area contributed by atoms with Gasteiger partial charge in [-0.1, -0.05) is 19.3 Å². The van der Waals surface area contributed by atoms with E-state index in [2.05, 4.69) is 4.72 Å². The SMILES string of the molecule is C[C@@H](NS(=O)(=O)C1CCCCC1)C(=O)O. The standard InChI is InChI=1S/C9H17NO4S/c1-7(9(11)12)10-15(13,14)8-5-3-2-4-6-8/h7-8,10H,2-6H2,1H3,(H,11,12)/t7-/m1/s1. The van der Waals surface area contributed by atoms with Gasteiger partial charge in [0.05, 0.1) is 5.25 Å². The van der Waals surface area contributed by atoms with Crippen molar-refractivity contribution < 1.29 is 18.3 Å². The second-order valence-corrected chi connectivity index (χ2v) is 5.98. The van der Waals surface area contributed by atoms with Crippen molar-refractivity contribution in [2.75, 3.05) is 0 Å². The number of hydrogen-bond acceptors (Lipinski definition) is 3. The Labute approximate surface area is 89.9 Å². The molecule has 0 aliphatic heterocycles. The van der Waals surface area contributed by atoms with E-state index in [-0.39, 0.29) is 0 Å². The van der Waals surface area contributed by atoms with Crippen LogP contribution in [0.1, 0.15) is 39.0 Å². The van der Waals surface area contributed by atoms with Crippen LogP contribution >= 0.6 is 0 Å². The largest absolute Gasteiger partial charge is 0.480 e. The van der Waals surface area contributed by atoms with Crippen LogP contribution in [0.4, 0.5) is 0 Å². The molecule has 1 fully saturated rings. The smallest absolute Gasteiger partial charge is 0.321 e. The topological polar surface area (TPSA) is 83.5 Å². The summed E-state index contributed by atoms with van der Waals surface area (Å²) in [6.07, 6.45) is 4.17. The van der Waals surface area contributed by atoms with Crippen LogP contribution < -0.4 is 4.72 Å². The maximum atomic E-state index is 11.7. The predicted octanol–water partition coefficient (Wildman–Crippen LogP) is 0.712. The molecule has 0 aromatic carbocycles. The van der Waals surface area contributed by atoms with Crippen LogP contribution in [0.25, 0.3) is 0 Å². The molecule has 0 bridgehead atoms. The first kappa shape index (κ1) is 12.4. The first-order valence-electron chi connectivity index (χ1n) is 5.17. The number of rotatable bonds is 4. The lowest BCUT2D eigenvalue weighted by molar-refractivity contribution is -0.138. The molecular weight excluding hydrogens is 218 g/mol. The number of hydrogen-bond donors (Lipinski definition) is 2. The van der Waals surface area contributed by atoms with E-state index >= 15 is 0 Å². The van der Waals surface area contributed by atoms with E-state index in [0.29, 0.717) is 12.8 Å². The predicted molar refractivity (Wildman–Crippen MR) is 56.0 cm³/mol. The summed E-state index contributed by atoms with van der Waals surface area (Å²) in [5.41, 5.74) is 0. The van der Waals surface area contributed by atoms with Crippen molar-refractivity contribution in [3.63, 3.8) is 0 Å². The summed E-state index contributed by atoms with van der Waals surface area (Å²) in [6, 6.07) is -1.04. The fraction of sp³-hybridized carbons (Fsp3) is 0.889. The second kappa shape index (κ2) is 4.94. The zero-order valence-electron chi connectivity index (χ0n) is 8.77. The molecule has 1 aliphatic rings. The molecule has 15 heavy (non-hydrogen) atoms. The van der Waals surface area contributed by atoms with Crippen molar-refractivity contribution in [1.82, 2.24) is 4.72 Å². The van der Waals surface area contributed by atoms with Gasteiger partial charge < -0.3 is 5.11 Å². The van der Waals surface area contributed by atoms with Gasteiger partial charge in [-0.05, 0) is 19.8 Å². The quantitative estimate of drug-likeness (QED) is 0.751. The van der Waals surface area contributed by atoms with E-state index < -0.39 is 27.3 Å². The third-order valence-corrected chi connectivity index (χ3v) is 4.73. The van der Waals surface area contributed by atoms with E-state index in [0.717, 1.165) is 19.3 Å². The lowest BCUT2D eigenvalue weighted by atomic mass is 10.0. The van der Waals surface area contributed by atoms with E-state index in [1.54, 1.807) is 0 Å². The van der Waals surface area contributed by atoms with Gasteiger partial charge in [-0.3, -0.25) is 4.79 Å². The van der Waals surface area contributed by atoms with Crippen LogP contribution in [0, 0.1) is 0 Å². The zero-order chi connectivity index (χ0) is 11.5. The Hall–Kier alpha value is -0.620. The van der Waals surface area contributed by atoms with Crippen molar-refractivity contribution in [2.24, 2.45) is 0 Å². The molecule has 1 atom stereocenters. The van der Waals surface area contributed by atoms with Gasteiger partial charge in [0, 0.05) is 0 Å². The van der Waals surface area contributed by atoms with Crippen LogP contribution in [0.15, 0.2) is 0 Å². The first-order valence-corrected chi connectivity index (χ1v) is 6.72. The van der Waals surface area contributed by atoms with Gasteiger partial charge in [-0.2, -0.15) is 0 Å². The van der Waals surface area contributed by atoms with Crippen LogP contribution in [0.2, 0.25) is 0 Å². The molecule has 0 amide bonds. The summed E-state index contributed by atoms with van der Waals surface area (Å²) in [5, 5.41) is 8.21. The van der Waals surface area contributed by atoms with Crippen LogP contribution in [-0.4, -0.2) is 30.8 Å². The van der Waals surface area contributed by atoms with Gasteiger partial charge in [0.2, 0.25) is 10.0 Å². The Kier molecular flexibility index (Phi) is 4.10. The maximum absolute atomic E-state index is 11.7. The maximum Gasteiger partial charge on any atom is 0.321 e. The Morgan fingerprint density at radius 3 is 2.33 bits per heavy atom. The minimum atomic E-state index is -3.46. The third-order valence-electron chi connectivity index (χ3n) is 2.70. The zero-order valence-corrected chi connectivity index (χ0v) is 9.59. The molecule has 88 valence electrons. The number of sulfonamides is 1. The average molecular weight is 235 g/mol. The molecule has 0 radical (unpaired) electrons. The summed E-state index contributed by atoms with van der Waals surface area (Å²) in [6.45, 7) is 1.34. The van der Waals surface area contributed by atoms with Gasteiger partial charge in [0.15, 0.2) is 0 Å². The average Bonchev–Trinajstić information content (AvgIpc) is 2.18. The summed E-state index contributed by atoms with van der Waals surface area (Å²) in [4.78, 5) is 10.5. The van der Waals surface area contributed by atoms with Gasteiger partial charge in [0.1, 0.15) is 6.04 Å². The molecular formula is C9H17NO4S. The highest BCUT2D eigenvalue weighted by molar-refractivity contribution is 7.90. The molecule has 1 aliphatic carbocycles. The Bertz CT molecular complexity index is 319. The van der Waals surface area contributed by atoms with E-state index in [9.17, 15) is 13.2 Å². The van der Waals surface area contributed by atoms with Gasteiger partial charge >= 0.3 is 5.97 Å². The molecule has 5 nitrogen and oxygen atoms in total. The molecule has 0 spiro atoms. The molecule has 0 aromatic heterocycles. The van der Waals surface area contributed by atoms with Gasteiger partial charge in [0.25, 0.3) is 0 Å². The van der Waals surface area contributed by atoms with Crippen LogP contribution in [0.3, 0.4) is 0 Å². The number of aliphatic carboxylic acids is 1. The Balaban J connectivity index is 2.61. The minimum absolute atomic E-state index is 0.409. The van der Waals surface area contributed by atoms with Crippen molar-refractivity contribution in [3.8, 4) is 0 Å². The molecule has 0 unspecified atom stereocenters. The lowest BCUT2D eigenvalue weighted by Gasteiger charge is -2.23. The summed E-state index contributed by atoms with van der Waals surface area (Å²) < 4.78 is 25.7. The minimum Gasteiger partial charge on any atom is -0.480 e. The van der Waals surface area contributed by atoms with E-state index in [1.807, 2.05) is 0 Å². The fourth-order valence-corrected chi connectivity index (χ4v) is 3.51. The molecule has 0 aromatic rings. The monoisotopic (exact) mass is 235 g/mol. The van der Waals surface area contributed by atoms with Gasteiger partial charge in [-0.15, -0.1) is 0 Å². The Morgan fingerprint density at radius 2 is 1.87 bits per heavy atom. The molecule has 6 heteroatoms. The van der Waals surface area contributed by atoms with Crippen molar-refractivity contribution in [3.05, 3.63) is 0 Å². The second-order valence-electron chi connectivity index (χ2n) is 3.98. The Morgan fingerprint density at radius 1 is 1.33 bits per heavy atom. The number of carboxylic acids is 1. The highest BCUT2D eigenvalue weighted by Crippen LogP contribution is 2.23. The summed E-state index contributed by atoms with van der Waals surface area (Å²) in [5.74, 6) is -1.14. The molecule has 2 N–H and O–H groups in total. The number of carboxylic acid groups (broad SMARTS) is 1. The number of nitrogens with one attached hydrogen (secondary N) is 1. The third kappa shape index (κ3) is 3.46. The fourth-order valence-electron chi connectivity index (χ4n) is 1.77. The molecule has 1 saturated carbocycles. The van der Waals surface area contributed by atoms with Gasteiger partial charge in [-0.25, -0.2) is 13.1 Å². The van der Waals surface area contributed by atoms with Crippen molar-refractivity contribution in [1.29, 1.82) is 0 Å². The molecule has 0 saturated heterocycles. The van der Waals surface area contributed by atoms with Crippen LogP contribution in [0.5, 0.6) is 0 Å². The summed E-state index contributed by atoms with van der Waals surface area (Å²) in [7, 11) is -3.46. The molecule has 1 rings (SSSR count). The first-order chi connectivity index (χ1) is 6.93. The highest BCUT2D eigenvalue weighted by atomic mass is 32.2. The lowest BCUT2D eigenvalue weighted by Crippen LogP contribution is -2.43. The van der Waals surface area contributed by atoms with E-state index in [1.165, 1.54) is 6.92 Å². The van der Waals surface area contributed by atoms with E-state index in [4.69, 9.17) is 5.11 Å². The molecule has 0 heterocycles.